The van der Waals surface area contributed by atoms with Gasteiger partial charge < -0.3 is 10.2 Å². The molecule has 0 saturated carbocycles. The van der Waals surface area contributed by atoms with Crippen molar-refractivity contribution in [2.75, 3.05) is 6.54 Å². The fourth-order valence-electron chi connectivity index (χ4n) is 1.88. The van der Waals surface area contributed by atoms with Crippen LogP contribution in [0, 0.1) is 0 Å². The van der Waals surface area contributed by atoms with Crippen molar-refractivity contribution in [2.24, 2.45) is 10.2 Å². The molecule has 18 heavy (non-hydrogen) atoms. The van der Waals surface area contributed by atoms with Gasteiger partial charge in [-0.15, -0.1) is 0 Å². The molecule has 0 aliphatic carbocycles. The van der Waals surface area contributed by atoms with E-state index in [1.54, 1.807) is 20.8 Å². The van der Waals surface area contributed by atoms with Crippen LogP contribution < -0.4 is 0 Å². The van der Waals surface area contributed by atoms with Crippen molar-refractivity contribution in [3.8, 4) is 0 Å². The van der Waals surface area contributed by atoms with Gasteiger partial charge >= 0.3 is 0 Å². The highest BCUT2D eigenvalue weighted by molar-refractivity contribution is 5.14. The molecule has 4 heteroatoms. The molecule has 0 heterocycles. The lowest BCUT2D eigenvalue weighted by Crippen LogP contribution is -2.33. The summed E-state index contributed by atoms with van der Waals surface area (Å²) >= 11 is 0. The van der Waals surface area contributed by atoms with Crippen LogP contribution in [0.3, 0.4) is 0 Å². The first-order valence-corrected chi connectivity index (χ1v) is 6.16. The smallest absolute Gasteiger partial charge is 0.175 e. The van der Waals surface area contributed by atoms with Crippen LogP contribution in [0.2, 0.25) is 0 Å². The highest BCUT2D eigenvalue weighted by Gasteiger charge is 2.28. The lowest BCUT2D eigenvalue weighted by molar-refractivity contribution is -0.0343. The largest absolute Gasteiger partial charge is 0.390 e. The van der Waals surface area contributed by atoms with E-state index in [9.17, 15) is 10.2 Å². The topological polar surface area (TPSA) is 65.2 Å². The second kappa shape index (κ2) is 6.07. The van der Waals surface area contributed by atoms with Gasteiger partial charge in [-0.1, -0.05) is 30.3 Å². The first-order chi connectivity index (χ1) is 8.29. The van der Waals surface area contributed by atoms with Crippen molar-refractivity contribution in [1.29, 1.82) is 0 Å². The molecule has 1 aromatic carbocycles. The average Bonchev–Trinajstić information content (AvgIpc) is 2.23. The van der Waals surface area contributed by atoms with Gasteiger partial charge in [0.15, 0.2) is 5.72 Å². The second-order valence-electron chi connectivity index (χ2n) is 5.41. The van der Waals surface area contributed by atoms with Crippen LogP contribution in [-0.4, -0.2) is 28.1 Å². The van der Waals surface area contributed by atoms with Crippen molar-refractivity contribution in [3.63, 3.8) is 0 Å². The molecule has 0 aliphatic heterocycles. The summed E-state index contributed by atoms with van der Waals surface area (Å²) in [6.45, 7) is 5.37. The highest BCUT2D eigenvalue weighted by Crippen LogP contribution is 2.21. The van der Waals surface area contributed by atoms with Gasteiger partial charge in [-0.2, -0.15) is 10.2 Å². The third-order valence-corrected chi connectivity index (χ3v) is 2.40. The standard InChI is InChI=1S/C14H22N2O2/c1-13(2,17)11-14(3,18)16-15-10-9-12-7-5-4-6-8-12/h4-8,17-18H,9-11H2,1-3H3. The Kier molecular flexibility index (Phi) is 4.99. The minimum Gasteiger partial charge on any atom is -0.390 e. The maximum absolute atomic E-state index is 9.93. The van der Waals surface area contributed by atoms with Crippen LogP contribution >= 0.6 is 0 Å². The number of hydrogen-bond donors (Lipinski definition) is 2. The molecule has 0 spiro atoms. The number of nitrogens with zero attached hydrogens (tertiary/aromatic N) is 2. The zero-order valence-electron chi connectivity index (χ0n) is 11.3. The van der Waals surface area contributed by atoms with Crippen molar-refractivity contribution in [3.05, 3.63) is 35.9 Å². The Morgan fingerprint density at radius 2 is 1.67 bits per heavy atom. The van der Waals surface area contributed by atoms with Gasteiger partial charge in [-0.25, -0.2) is 0 Å². The second-order valence-corrected chi connectivity index (χ2v) is 5.41. The van der Waals surface area contributed by atoms with E-state index in [4.69, 9.17) is 0 Å². The molecule has 0 aromatic heterocycles. The number of benzene rings is 1. The lowest BCUT2D eigenvalue weighted by Gasteiger charge is -2.25. The number of aliphatic hydroxyl groups is 2. The number of rotatable bonds is 6. The van der Waals surface area contributed by atoms with E-state index in [2.05, 4.69) is 10.2 Å². The molecule has 4 nitrogen and oxygen atoms in total. The van der Waals surface area contributed by atoms with E-state index in [1.165, 1.54) is 5.56 Å². The lowest BCUT2D eigenvalue weighted by atomic mass is 9.98. The molecule has 0 radical (unpaired) electrons. The average molecular weight is 250 g/mol. The SMILES string of the molecule is CC(C)(O)CC(C)(O)N=NCCc1ccccc1. The minimum absolute atomic E-state index is 0.162. The van der Waals surface area contributed by atoms with Gasteiger partial charge in [0, 0.05) is 6.42 Å². The molecule has 1 atom stereocenters. The summed E-state index contributed by atoms with van der Waals surface area (Å²) in [6.07, 6.45) is 0.956. The zero-order valence-corrected chi connectivity index (χ0v) is 11.3. The van der Waals surface area contributed by atoms with Gasteiger partial charge in [0.2, 0.25) is 0 Å². The van der Waals surface area contributed by atoms with Crippen LogP contribution in [0.25, 0.3) is 0 Å². The molecular weight excluding hydrogens is 228 g/mol. The molecule has 1 rings (SSSR count). The minimum atomic E-state index is -1.31. The van der Waals surface area contributed by atoms with Gasteiger partial charge in [-0.05, 0) is 32.8 Å². The summed E-state index contributed by atoms with van der Waals surface area (Å²) in [5.74, 6) is 0. The molecule has 0 fully saturated rings. The molecule has 0 saturated heterocycles. The normalized spacial score (nSPS) is 15.8. The predicted octanol–water partition coefficient (Wildman–Crippen LogP) is 2.55. The fraction of sp³-hybridized carbons (Fsp3) is 0.571. The Morgan fingerprint density at radius 1 is 1.06 bits per heavy atom. The van der Waals surface area contributed by atoms with Crippen LogP contribution in [-0.2, 0) is 6.42 Å². The monoisotopic (exact) mass is 250 g/mol. The van der Waals surface area contributed by atoms with Crippen LogP contribution in [0.1, 0.15) is 32.8 Å². The summed E-state index contributed by atoms with van der Waals surface area (Å²) in [6, 6.07) is 10.0. The third kappa shape index (κ3) is 6.47. The summed E-state index contributed by atoms with van der Waals surface area (Å²) in [5, 5.41) is 27.4. The van der Waals surface area contributed by atoms with E-state index < -0.39 is 11.3 Å². The van der Waals surface area contributed by atoms with E-state index in [-0.39, 0.29) is 6.42 Å². The van der Waals surface area contributed by atoms with Gasteiger partial charge in [-0.3, -0.25) is 0 Å². The maximum Gasteiger partial charge on any atom is 0.175 e. The Hall–Kier alpha value is -1.26. The third-order valence-electron chi connectivity index (χ3n) is 2.40. The molecule has 1 unspecified atom stereocenters. The number of hydrogen-bond acceptors (Lipinski definition) is 4. The molecule has 0 aliphatic rings. The predicted molar refractivity (Wildman–Crippen MR) is 71.4 cm³/mol. The van der Waals surface area contributed by atoms with E-state index in [0.29, 0.717) is 6.54 Å². The highest BCUT2D eigenvalue weighted by atomic mass is 16.3. The maximum atomic E-state index is 9.93. The van der Waals surface area contributed by atoms with Crippen molar-refractivity contribution < 1.29 is 10.2 Å². The molecule has 0 amide bonds. The first-order valence-electron chi connectivity index (χ1n) is 6.16. The first kappa shape index (κ1) is 14.8. The van der Waals surface area contributed by atoms with Crippen molar-refractivity contribution in [2.45, 2.75) is 44.9 Å². The molecule has 0 bridgehead atoms. The van der Waals surface area contributed by atoms with Crippen LogP contribution in [0.5, 0.6) is 0 Å². The summed E-state index contributed by atoms with van der Waals surface area (Å²) in [7, 11) is 0. The van der Waals surface area contributed by atoms with Crippen LogP contribution in [0.4, 0.5) is 0 Å². The van der Waals surface area contributed by atoms with E-state index in [1.807, 2.05) is 30.3 Å². The van der Waals surface area contributed by atoms with E-state index in [0.717, 1.165) is 6.42 Å². The van der Waals surface area contributed by atoms with E-state index >= 15 is 0 Å². The van der Waals surface area contributed by atoms with Gasteiger partial charge in [0.1, 0.15) is 0 Å². The van der Waals surface area contributed by atoms with Gasteiger partial charge in [0.05, 0.1) is 12.1 Å². The van der Waals surface area contributed by atoms with Crippen LogP contribution in [0.15, 0.2) is 40.6 Å². The van der Waals surface area contributed by atoms with Crippen molar-refractivity contribution in [1.82, 2.24) is 0 Å². The fourth-order valence-corrected chi connectivity index (χ4v) is 1.88. The zero-order chi connectivity index (χ0) is 13.6. The molecule has 2 N–H and O–H groups in total. The Labute approximate surface area is 108 Å². The van der Waals surface area contributed by atoms with Crippen molar-refractivity contribution >= 4 is 0 Å². The number of azo groups is 1. The summed E-state index contributed by atoms with van der Waals surface area (Å²) in [4.78, 5) is 0. The molecule has 100 valence electrons. The molecular formula is C14H22N2O2. The molecule has 1 aromatic rings. The Balaban J connectivity index is 2.40. The Morgan fingerprint density at radius 3 is 2.22 bits per heavy atom. The Bertz CT molecular complexity index is 381. The quantitative estimate of drug-likeness (QED) is 0.762. The summed E-state index contributed by atoms with van der Waals surface area (Å²) < 4.78 is 0. The van der Waals surface area contributed by atoms with Gasteiger partial charge in [0.25, 0.3) is 0 Å². The summed E-state index contributed by atoms with van der Waals surface area (Å²) in [5.41, 5.74) is -1.07.